The van der Waals surface area contributed by atoms with E-state index in [0.717, 1.165) is 23.3 Å². The fraction of sp³-hybridized carbons (Fsp3) is 0.464. The van der Waals surface area contributed by atoms with Crippen LogP contribution in [0.5, 0.6) is 0 Å². The highest BCUT2D eigenvalue weighted by atomic mass is 16.2. The number of nitrogens with zero attached hydrogens (tertiary/aromatic N) is 2. The predicted molar refractivity (Wildman–Crippen MR) is 123 cm³/mol. The number of hydrogen-bond donors (Lipinski definition) is 0. The number of carbonyl (C=O) groups is 1. The molecule has 3 heteroatoms. The summed E-state index contributed by atoms with van der Waals surface area (Å²) in [5.74, 6) is 2.72. The van der Waals surface area contributed by atoms with Gasteiger partial charge in [0.05, 0.1) is 6.04 Å². The minimum absolute atomic E-state index is 0.0334. The molecule has 0 N–H and O–H groups in total. The van der Waals surface area contributed by atoms with E-state index in [4.69, 9.17) is 0 Å². The first kappa shape index (κ1) is 18.1. The van der Waals surface area contributed by atoms with Gasteiger partial charge in [-0.05, 0) is 80.9 Å². The lowest BCUT2D eigenvalue weighted by atomic mass is 9.52. The molecule has 4 fully saturated rings. The number of para-hydroxylation sites is 1. The first-order valence-electron chi connectivity index (χ1n) is 12.0. The summed E-state index contributed by atoms with van der Waals surface area (Å²) in [4.78, 5) is 16.5. The first-order valence-corrected chi connectivity index (χ1v) is 12.0. The monoisotopic (exact) mass is 410 g/mol. The third kappa shape index (κ3) is 2.27. The number of hydrogen-bond acceptors (Lipinski definition) is 1. The van der Waals surface area contributed by atoms with Crippen molar-refractivity contribution < 1.29 is 4.79 Å². The highest BCUT2D eigenvalue weighted by molar-refractivity contribution is 6.01. The summed E-state index contributed by atoms with van der Waals surface area (Å²) < 4.78 is 2.31. The van der Waals surface area contributed by atoms with Gasteiger partial charge in [0.2, 0.25) is 0 Å². The second kappa shape index (κ2) is 6.03. The molecule has 0 saturated heterocycles. The summed E-state index contributed by atoms with van der Waals surface area (Å²) in [5, 5.41) is 1.30. The molecule has 8 rings (SSSR count). The van der Waals surface area contributed by atoms with E-state index in [9.17, 15) is 4.79 Å². The highest BCUT2D eigenvalue weighted by Crippen LogP contribution is 2.61. The minimum Gasteiger partial charge on any atom is -0.348 e. The molecule has 4 bridgehead atoms. The van der Waals surface area contributed by atoms with E-state index in [-0.39, 0.29) is 17.5 Å². The van der Waals surface area contributed by atoms with Crippen LogP contribution in [0.4, 0.5) is 0 Å². The average molecular weight is 411 g/mol. The minimum atomic E-state index is 0.0334. The van der Waals surface area contributed by atoms with Gasteiger partial charge >= 0.3 is 0 Å². The summed E-state index contributed by atoms with van der Waals surface area (Å²) in [7, 11) is 2.17. The van der Waals surface area contributed by atoms with Gasteiger partial charge in [-0.15, -0.1) is 0 Å². The molecule has 158 valence electrons. The zero-order valence-electron chi connectivity index (χ0n) is 18.5. The van der Waals surface area contributed by atoms with Crippen LogP contribution in [0.25, 0.3) is 10.9 Å². The third-order valence-electron chi connectivity index (χ3n) is 9.20. The topological polar surface area (TPSA) is 25.2 Å². The van der Waals surface area contributed by atoms with Crippen molar-refractivity contribution in [2.75, 3.05) is 0 Å². The molecule has 1 amide bonds. The first-order chi connectivity index (χ1) is 15.1. The molecular formula is C28H30N2O. The van der Waals surface area contributed by atoms with Crippen molar-refractivity contribution in [2.45, 2.75) is 57.0 Å². The molecular weight excluding hydrogens is 380 g/mol. The molecule has 1 atom stereocenters. The van der Waals surface area contributed by atoms with Crippen LogP contribution in [0.3, 0.4) is 0 Å². The average Bonchev–Trinajstić information content (AvgIpc) is 3.19. The quantitative estimate of drug-likeness (QED) is 0.509. The molecule has 1 aromatic heterocycles. The van der Waals surface area contributed by atoms with Gasteiger partial charge in [-0.2, -0.15) is 0 Å². The van der Waals surface area contributed by atoms with Gasteiger partial charge in [0.25, 0.3) is 5.91 Å². The van der Waals surface area contributed by atoms with E-state index in [2.05, 4.69) is 65.9 Å². The lowest BCUT2D eigenvalue weighted by Gasteiger charge is -2.61. The van der Waals surface area contributed by atoms with Crippen molar-refractivity contribution in [2.24, 2.45) is 24.8 Å². The summed E-state index contributed by atoms with van der Waals surface area (Å²) in [6, 6.07) is 17.2. The van der Waals surface area contributed by atoms with Crippen LogP contribution < -0.4 is 0 Å². The molecule has 4 aliphatic carbocycles. The summed E-state index contributed by atoms with van der Waals surface area (Å²) >= 11 is 0. The van der Waals surface area contributed by atoms with E-state index in [1.807, 2.05) is 6.07 Å². The van der Waals surface area contributed by atoms with Crippen LogP contribution in [0.2, 0.25) is 0 Å². The molecule has 3 aromatic rings. The van der Waals surface area contributed by atoms with E-state index in [1.165, 1.54) is 66.2 Å². The van der Waals surface area contributed by atoms with Crippen molar-refractivity contribution in [1.29, 1.82) is 0 Å². The molecule has 0 radical (unpaired) electrons. The normalized spacial score (nSPS) is 33.5. The molecule has 3 nitrogen and oxygen atoms in total. The number of fused-ring (bicyclic) bond motifs is 2. The molecule has 0 spiro atoms. The Bertz CT molecular complexity index is 1200. The molecule has 4 saturated carbocycles. The predicted octanol–water partition coefficient (Wildman–Crippen LogP) is 6.00. The van der Waals surface area contributed by atoms with Gasteiger partial charge in [-0.1, -0.05) is 36.4 Å². The maximum absolute atomic E-state index is 14.1. The maximum Gasteiger partial charge on any atom is 0.255 e. The molecule has 5 aliphatic rings. The Labute approximate surface area is 184 Å². The third-order valence-corrected chi connectivity index (χ3v) is 9.20. The van der Waals surface area contributed by atoms with Crippen LogP contribution in [0, 0.1) is 24.7 Å². The van der Waals surface area contributed by atoms with Gasteiger partial charge < -0.3 is 9.47 Å². The van der Waals surface area contributed by atoms with Crippen molar-refractivity contribution in [3.05, 3.63) is 70.9 Å². The summed E-state index contributed by atoms with van der Waals surface area (Å²) in [6.45, 7) is 2.23. The van der Waals surface area contributed by atoms with Crippen LogP contribution in [0.15, 0.2) is 48.5 Å². The molecule has 1 aliphatic heterocycles. The fourth-order valence-corrected chi connectivity index (χ4v) is 8.35. The number of carbonyl (C=O) groups excluding carboxylic acids is 1. The number of amides is 1. The van der Waals surface area contributed by atoms with E-state index >= 15 is 0 Å². The standard InChI is InChI=1S/C28H30N2O/c1-17-25(23-9-5-6-10-24(23)29(17)2)26-21-7-3-4-8-22(21)27(31)30(26)28-14-18-11-19(15-28)13-20(12-18)16-28/h3-10,18-20,26H,11-16H2,1-2H3/t18?,19?,20?,26-,28?/m1/s1. The fourth-order valence-electron chi connectivity index (χ4n) is 8.35. The van der Waals surface area contributed by atoms with Gasteiger partial charge in [0.1, 0.15) is 0 Å². The van der Waals surface area contributed by atoms with Gasteiger partial charge in [0.15, 0.2) is 0 Å². The Kier molecular flexibility index (Phi) is 3.51. The Hall–Kier alpha value is -2.55. The number of rotatable bonds is 2. The van der Waals surface area contributed by atoms with E-state index in [1.54, 1.807) is 0 Å². The van der Waals surface area contributed by atoms with E-state index in [0.29, 0.717) is 0 Å². The molecule has 2 heterocycles. The highest BCUT2D eigenvalue weighted by Gasteiger charge is 2.58. The Morgan fingerprint density at radius 2 is 1.48 bits per heavy atom. The Balaban J connectivity index is 1.48. The SMILES string of the molecule is Cc1c([C@H]2c3ccccc3C(=O)N2C23CC4CC(CC(C4)C2)C3)c2ccccc2n1C. The maximum atomic E-state index is 14.1. The number of aryl methyl sites for hydroxylation is 1. The largest absolute Gasteiger partial charge is 0.348 e. The van der Waals surface area contributed by atoms with Gasteiger partial charge in [-0.3, -0.25) is 4.79 Å². The van der Waals surface area contributed by atoms with Crippen LogP contribution in [-0.2, 0) is 7.05 Å². The lowest BCUT2D eigenvalue weighted by Crippen LogP contribution is -2.61. The van der Waals surface area contributed by atoms with Crippen molar-refractivity contribution in [1.82, 2.24) is 9.47 Å². The molecule has 31 heavy (non-hydrogen) atoms. The van der Waals surface area contributed by atoms with Crippen LogP contribution >= 0.6 is 0 Å². The smallest absolute Gasteiger partial charge is 0.255 e. The van der Waals surface area contributed by atoms with Crippen molar-refractivity contribution in [3.63, 3.8) is 0 Å². The van der Waals surface area contributed by atoms with Crippen molar-refractivity contribution >= 4 is 16.8 Å². The zero-order chi connectivity index (χ0) is 20.9. The number of benzene rings is 2. The summed E-state index contributed by atoms with van der Waals surface area (Å²) in [5.41, 5.74) is 6.06. The second-order valence-corrected chi connectivity index (χ2v) is 10.9. The van der Waals surface area contributed by atoms with Crippen LogP contribution in [-0.4, -0.2) is 20.9 Å². The lowest BCUT2D eigenvalue weighted by molar-refractivity contribution is -0.0806. The van der Waals surface area contributed by atoms with Crippen molar-refractivity contribution in [3.8, 4) is 0 Å². The van der Waals surface area contributed by atoms with E-state index < -0.39 is 0 Å². The molecule has 2 aromatic carbocycles. The van der Waals surface area contributed by atoms with Gasteiger partial charge in [0, 0.05) is 40.3 Å². The van der Waals surface area contributed by atoms with Gasteiger partial charge in [-0.25, -0.2) is 0 Å². The second-order valence-electron chi connectivity index (χ2n) is 10.9. The number of aromatic nitrogens is 1. The zero-order valence-corrected chi connectivity index (χ0v) is 18.5. The Morgan fingerprint density at radius 3 is 2.19 bits per heavy atom. The summed E-state index contributed by atoms with van der Waals surface area (Å²) in [6.07, 6.45) is 7.81. The molecule has 0 unspecified atom stereocenters. The van der Waals surface area contributed by atoms with Crippen LogP contribution in [0.1, 0.15) is 71.7 Å². The Morgan fingerprint density at radius 1 is 0.871 bits per heavy atom.